The van der Waals surface area contributed by atoms with E-state index in [1.165, 1.54) is 0 Å². The van der Waals surface area contributed by atoms with E-state index in [0.717, 1.165) is 11.4 Å². The van der Waals surface area contributed by atoms with Gasteiger partial charge in [0.2, 0.25) is 0 Å². The van der Waals surface area contributed by atoms with E-state index >= 15 is 0 Å². The van der Waals surface area contributed by atoms with Crippen LogP contribution in [0, 0.1) is 11.3 Å². The monoisotopic (exact) mass is 267 g/mol. The van der Waals surface area contributed by atoms with Gasteiger partial charge in [-0.15, -0.1) is 0 Å². The zero-order valence-electron chi connectivity index (χ0n) is 11.6. The van der Waals surface area contributed by atoms with E-state index in [-0.39, 0.29) is 0 Å². The molecule has 4 nitrogen and oxygen atoms in total. The van der Waals surface area contributed by atoms with Crippen molar-refractivity contribution < 1.29 is 5.11 Å². The summed E-state index contributed by atoms with van der Waals surface area (Å²) in [7, 11) is 1.94. The molecule has 0 aliphatic carbocycles. The third kappa shape index (κ3) is 2.95. The van der Waals surface area contributed by atoms with Crippen molar-refractivity contribution in [3.05, 3.63) is 53.9 Å². The van der Waals surface area contributed by atoms with Crippen LogP contribution >= 0.6 is 0 Å². The van der Waals surface area contributed by atoms with Gasteiger partial charge in [-0.25, -0.2) is 0 Å². The fourth-order valence-electron chi connectivity index (χ4n) is 1.91. The van der Waals surface area contributed by atoms with Crippen molar-refractivity contribution in [1.29, 1.82) is 5.26 Å². The van der Waals surface area contributed by atoms with Crippen LogP contribution in [0.4, 0.5) is 11.4 Å². The maximum Gasteiger partial charge on any atom is 0.0991 e. The van der Waals surface area contributed by atoms with Crippen LogP contribution in [-0.4, -0.2) is 17.1 Å². The van der Waals surface area contributed by atoms with E-state index in [9.17, 15) is 5.11 Å². The van der Waals surface area contributed by atoms with E-state index in [1.54, 1.807) is 18.3 Å². The first kappa shape index (κ1) is 14.0. The van der Waals surface area contributed by atoms with Gasteiger partial charge in [0.15, 0.2) is 0 Å². The van der Waals surface area contributed by atoms with E-state index in [2.05, 4.69) is 11.1 Å². The molecular formula is C16H17N3O. The number of benzene rings is 1. The Hall–Kier alpha value is -2.38. The van der Waals surface area contributed by atoms with E-state index in [1.807, 2.05) is 43.1 Å². The molecule has 0 saturated carbocycles. The van der Waals surface area contributed by atoms with Crippen molar-refractivity contribution in [2.24, 2.45) is 0 Å². The molecule has 1 atom stereocenters. The van der Waals surface area contributed by atoms with Crippen molar-refractivity contribution in [2.45, 2.75) is 19.4 Å². The highest BCUT2D eigenvalue weighted by atomic mass is 16.3. The van der Waals surface area contributed by atoms with Crippen LogP contribution in [0.25, 0.3) is 0 Å². The first-order chi connectivity index (χ1) is 9.65. The number of aliphatic hydroxyl groups excluding tert-OH is 1. The molecule has 0 fully saturated rings. The molecule has 2 rings (SSSR count). The lowest BCUT2D eigenvalue weighted by atomic mass is 10.1. The first-order valence-electron chi connectivity index (χ1n) is 6.53. The zero-order chi connectivity index (χ0) is 14.5. The molecule has 2 aromatic rings. The number of aromatic nitrogens is 1. The van der Waals surface area contributed by atoms with Crippen molar-refractivity contribution >= 4 is 11.4 Å². The zero-order valence-corrected chi connectivity index (χ0v) is 11.6. The van der Waals surface area contributed by atoms with E-state index < -0.39 is 6.10 Å². The molecule has 0 aliphatic heterocycles. The highest BCUT2D eigenvalue weighted by molar-refractivity contribution is 5.62. The molecule has 1 aromatic heterocycles. The van der Waals surface area contributed by atoms with Crippen molar-refractivity contribution in [3.63, 3.8) is 0 Å². The fourth-order valence-corrected chi connectivity index (χ4v) is 1.91. The van der Waals surface area contributed by atoms with Gasteiger partial charge in [0.05, 0.1) is 35.3 Å². The molecular weight excluding hydrogens is 250 g/mol. The summed E-state index contributed by atoms with van der Waals surface area (Å²) < 4.78 is 0. The Bertz CT molecular complexity index is 599. The minimum Gasteiger partial charge on any atom is -0.387 e. The lowest BCUT2D eigenvalue weighted by Crippen LogP contribution is -2.10. The van der Waals surface area contributed by atoms with Crippen LogP contribution in [0.15, 0.2) is 42.6 Å². The lowest BCUT2D eigenvalue weighted by Gasteiger charge is -2.19. The van der Waals surface area contributed by atoms with Crippen molar-refractivity contribution in [2.75, 3.05) is 11.9 Å². The first-order valence-corrected chi connectivity index (χ1v) is 6.53. The number of nitriles is 1. The molecule has 1 N–H and O–H groups in total. The molecule has 0 spiro atoms. The van der Waals surface area contributed by atoms with Crippen LogP contribution in [-0.2, 0) is 0 Å². The van der Waals surface area contributed by atoms with E-state index in [0.29, 0.717) is 17.7 Å². The summed E-state index contributed by atoms with van der Waals surface area (Å²) in [4.78, 5) is 6.27. The molecule has 1 heterocycles. The van der Waals surface area contributed by atoms with Crippen LogP contribution in [0.1, 0.15) is 30.7 Å². The van der Waals surface area contributed by atoms with Crippen molar-refractivity contribution in [1.82, 2.24) is 4.98 Å². The summed E-state index contributed by atoms with van der Waals surface area (Å²) in [5, 5.41) is 18.5. The Morgan fingerprint density at radius 2 is 1.85 bits per heavy atom. The Morgan fingerprint density at radius 1 is 1.20 bits per heavy atom. The number of hydrogen-bond acceptors (Lipinski definition) is 4. The average molecular weight is 267 g/mol. The SMILES string of the molecule is CCC(O)c1ccc(N(C)c2ccc(C#N)cc2)cn1. The molecule has 102 valence electrons. The predicted octanol–water partition coefficient (Wildman–Crippen LogP) is 3.16. The van der Waals surface area contributed by atoms with Gasteiger partial charge < -0.3 is 10.0 Å². The Morgan fingerprint density at radius 3 is 2.35 bits per heavy atom. The Labute approximate surface area is 118 Å². The highest BCUT2D eigenvalue weighted by Crippen LogP contribution is 2.24. The number of pyridine rings is 1. The van der Waals surface area contributed by atoms with Crippen LogP contribution in [0.2, 0.25) is 0 Å². The molecule has 0 bridgehead atoms. The van der Waals surface area contributed by atoms with Crippen LogP contribution < -0.4 is 4.90 Å². The summed E-state index contributed by atoms with van der Waals surface area (Å²) >= 11 is 0. The molecule has 0 amide bonds. The number of aliphatic hydroxyl groups is 1. The minimum atomic E-state index is -0.510. The summed E-state index contributed by atoms with van der Waals surface area (Å²) in [6.45, 7) is 1.92. The molecule has 4 heteroatoms. The standard InChI is InChI=1S/C16H17N3O/c1-3-16(20)15-9-8-14(11-18-15)19(2)13-6-4-12(10-17)5-7-13/h4-9,11,16,20H,3H2,1-2H3. The topological polar surface area (TPSA) is 60.1 Å². The molecule has 1 aromatic carbocycles. The molecule has 0 radical (unpaired) electrons. The summed E-state index contributed by atoms with van der Waals surface area (Å²) in [6, 6.07) is 13.2. The fraction of sp³-hybridized carbons (Fsp3) is 0.250. The molecule has 0 aliphatic rings. The van der Waals surface area contributed by atoms with Gasteiger partial charge in [0.25, 0.3) is 0 Å². The Kier molecular flexibility index (Phi) is 4.34. The van der Waals surface area contributed by atoms with Crippen LogP contribution in [0.3, 0.4) is 0 Å². The molecule has 1 unspecified atom stereocenters. The highest BCUT2D eigenvalue weighted by Gasteiger charge is 2.08. The van der Waals surface area contributed by atoms with Gasteiger partial charge in [-0.1, -0.05) is 6.92 Å². The largest absolute Gasteiger partial charge is 0.387 e. The number of hydrogen-bond donors (Lipinski definition) is 1. The summed E-state index contributed by atoms with van der Waals surface area (Å²) in [6.07, 6.45) is 1.88. The van der Waals surface area contributed by atoms with Gasteiger partial charge in [0, 0.05) is 12.7 Å². The molecule has 0 saturated heterocycles. The normalized spacial score (nSPS) is 11.7. The minimum absolute atomic E-state index is 0.510. The quantitative estimate of drug-likeness (QED) is 0.924. The third-order valence-electron chi connectivity index (χ3n) is 3.27. The maximum absolute atomic E-state index is 9.73. The van der Waals surface area contributed by atoms with Gasteiger partial charge in [0.1, 0.15) is 0 Å². The third-order valence-corrected chi connectivity index (χ3v) is 3.27. The second-order valence-electron chi connectivity index (χ2n) is 4.58. The van der Waals surface area contributed by atoms with Gasteiger partial charge in [-0.05, 0) is 42.8 Å². The Balaban J connectivity index is 2.20. The van der Waals surface area contributed by atoms with Gasteiger partial charge in [-0.2, -0.15) is 5.26 Å². The number of rotatable bonds is 4. The van der Waals surface area contributed by atoms with Gasteiger partial charge in [-0.3, -0.25) is 4.98 Å². The second kappa shape index (κ2) is 6.18. The summed E-state index contributed by atoms with van der Waals surface area (Å²) in [5.41, 5.74) is 3.24. The second-order valence-corrected chi connectivity index (χ2v) is 4.58. The average Bonchev–Trinajstić information content (AvgIpc) is 2.53. The smallest absolute Gasteiger partial charge is 0.0991 e. The maximum atomic E-state index is 9.73. The predicted molar refractivity (Wildman–Crippen MR) is 78.7 cm³/mol. The van der Waals surface area contributed by atoms with Crippen LogP contribution in [0.5, 0.6) is 0 Å². The van der Waals surface area contributed by atoms with E-state index in [4.69, 9.17) is 5.26 Å². The summed E-state index contributed by atoms with van der Waals surface area (Å²) in [5.74, 6) is 0. The lowest BCUT2D eigenvalue weighted by molar-refractivity contribution is 0.169. The van der Waals surface area contributed by atoms with Gasteiger partial charge >= 0.3 is 0 Å². The van der Waals surface area contributed by atoms with Crippen molar-refractivity contribution in [3.8, 4) is 6.07 Å². The number of nitrogens with zero attached hydrogens (tertiary/aromatic N) is 3. The number of anilines is 2. The molecule has 20 heavy (non-hydrogen) atoms.